The summed E-state index contributed by atoms with van der Waals surface area (Å²) in [5.41, 5.74) is 6.90. The van der Waals surface area contributed by atoms with Gasteiger partial charge in [-0.25, -0.2) is 0 Å². The number of nitrogens with two attached hydrogens (primary N) is 1. The highest BCUT2D eigenvalue weighted by atomic mass is 16.5. The molecular weight excluding hydrogens is 214 g/mol. The first-order valence-corrected chi connectivity index (χ1v) is 5.75. The SMILES string of the molecule is CC(N)c1ccc2ccccc2c1OCCO. The minimum absolute atomic E-state index is 0.00160. The van der Waals surface area contributed by atoms with Gasteiger partial charge in [-0.1, -0.05) is 36.4 Å². The predicted octanol–water partition coefficient (Wildman–Crippen LogP) is 2.23. The van der Waals surface area contributed by atoms with Crippen LogP contribution in [0.15, 0.2) is 36.4 Å². The van der Waals surface area contributed by atoms with Crippen LogP contribution in [-0.4, -0.2) is 18.3 Å². The third kappa shape index (κ3) is 2.40. The Labute approximate surface area is 101 Å². The number of ether oxygens (including phenoxy) is 1. The summed E-state index contributed by atoms with van der Waals surface area (Å²) >= 11 is 0. The van der Waals surface area contributed by atoms with Crippen LogP contribution in [0.4, 0.5) is 0 Å². The molecule has 3 N–H and O–H groups in total. The Kier molecular flexibility index (Phi) is 3.61. The van der Waals surface area contributed by atoms with Gasteiger partial charge in [-0.3, -0.25) is 0 Å². The minimum Gasteiger partial charge on any atom is -0.490 e. The van der Waals surface area contributed by atoms with Crippen molar-refractivity contribution in [3.63, 3.8) is 0 Å². The van der Waals surface area contributed by atoms with Gasteiger partial charge < -0.3 is 15.6 Å². The maximum absolute atomic E-state index is 8.87. The first kappa shape index (κ1) is 11.9. The Morgan fingerprint density at radius 1 is 1.24 bits per heavy atom. The van der Waals surface area contributed by atoms with Gasteiger partial charge in [0.15, 0.2) is 0 Å². The molecule has 0 aliphatic rings. The van der Waals surface area contributed by atoms with Crippen molar-refractivity contribution in [2.45, 2.75) is 13.0 Å². The second-order valence-electron chi connectivity index (χ2n) is 4.07. The van der Waals surface area contributed by atoms with E-state index in [0.717, 1.165) is 22.1 Å². The lowest BCUT2D eigenvalue weighted by atomic mass is 10.0. The predicted molar refractivity (Wildman–Crippen MR) is 69.1 cm³/mol. The quantitative estimate of drug-likeness (QED) is 0.848. The largest absolute Gasteiger partial charge is 0.490 e. The lowest BCUT2D eigenvalue weighted by molar-refractivity contribution is 0.201. The first-order chi connectivity index (χ1) is 8.24. The van der Waals surface area contributed by atoms with Crippen LogP contribution in [0.2, 0.25) is 0 Å². The number of fused-ring (bicyclic) bond motifs is 1. The fraction of sp³-hybridized carbons (Fsp3) is 0.286. The van der Waals surface area contributed by atoms with Crippen molar-refractivity contribution >= 4 is 10.8 Å². The molecule has 17 heavy (non-hydrogen) atoms. The number of aliphatic hydroxyl groups excluding tert-OH is 1. The molecule has 0 saturated carbocycles. The number of benzene rings is 2. The molecule has 0 heterocycles. The molecule has 1 atom stereocenters. The van der Waals surface area contributed by atoms with E-state index in [4.69, 9.17) is 15.6 Å². The van der Waals surface area contributed by atoms with E-state index in [1.165, 1.54) is 0 Å². The molecule has 0 fully saturated rings. The average Bonchev–Trinajstić information content (AvgIpc) is 2.35. The maximum Gasteiger partial charge on any atom is 0.131 e. The summed E-state index contributed by atoms with van der Waals surface area (Å²) in [4.78, 5) is 0. The maximum atomic E-state index is 8.87. The second kappa shape index (κ2) is 5.17. The molecule has 0 aliphatic carbocycles. The fourth-order valence-corrected chi connectivity index (χ4v) is 1.93. The van der Waals surface area contributed by atoms with Crippen LogP contribution >= 0.6 is 0 Å². The summed E-state index contributed by atoms with van der Waals surface area (Å²) in [6.07, 6.45) is 0. The smallest absolute Gasteiger partial charge is 0.131 e. The molecule has 3 heteroatoms. The molecule has 0 amide bonds. The summed E-state index contributed by atoms with van der Waals surface area (Å²) in [6, 6.07) is 11.9. The third-order valence-corrected chi connectivity index (χ3v) is 2.74. The monoisotopic (exact) mass is 231 g/mol. The van der Waals surface area contributed by atoms with Crippen LogP contribution < -0.4 is 10.5 Å². The van der Waals surface area contributed by atoms with Gasteiger partial charge in [-0.2, -0.15) is 0 Å². The Hall–Kier alpha value is -1.58. The summed E-state index contributed by atoms with van der Waals surface area (Å²) in [7, 11) is 0. The average molecular weight is 231 g/mol. The van der Waals surface area contributed by atoms with Gasteiger partial charge in [0, 0.05) is 17.0 Å². The normalized spacial score (nSPS) is 12.6. The van der Waals surface area contributed by atoms with Gasteiger partial charge in [0.25, 0.3) is 0 Å². The van der Waals surface area contributed by atoms with E-state index in [1.54, 1.807) is 0 Å². The number of hydrogen-bond donors (Lipinski definition) is 2. The van der Waals surface area contributed by atoms with Crippen LogP contribution in [-0.2, 0) is 0 Å². The van der Waals surface area contributed by atoms with E-state index in [2.05, 4.69) is 0 Å². The van der Waals surface area contributed by atoms with E-state index in [1.807, 2.05) is 43.3 Å². The molecule has 0 bridgehead atoms. The minimum atomic E-state index is -0.0895. The van der Waals surface area contributed by atoms with Crippen molar-refractivity contribution in [3.05, 3.63) is 42.0 Å². The number of hydrogen-bond acceptors (Lipinski definition) is 3. The van der Waals surface area contributed by atoms with Crippen molar-refractivity contribution in [1.29, 1.82) is 0 Å². The molecule has 90 valence electrons. The zero-order valence-corrected chi connectivity index (χ0v) is 9.89. The summed E-state index contributed by atoms with van der Waals surface area (Å²) in [6.45, 7) is 2.21. The fourth-order valence-electron chi connectivity index (χ4n) is 1.93. The van der Waals surface area contributed by atoms with Gasteiger partial charge in [0.2, 0.25) is 0 Å². The molecule has 3 nitrogen and oxygen atoms in total. The van der Waals surface area contributed by atoms with E-state index < -0.39 is 0 Å². The lowest BCUT2D eigenvalue weighted by Gasteiger charge is -2.16. The zero-order chi connectivity index (χ0) is 12.3. The highest BCUT2D eigenvalue weighted by Gasteiger charge is 2.11. The molecule has 2 rings (SSSR count). The highest BCUT2D eigenvalue weighted by molar-refractivity contribution is 5.89. The van der Waals surface area contributed by atoms with Crippen LogP contribution in [0.5, 0.6) is 5.75 Å². The standard InChI is InChI=1S/C14H17NO2/c1-10(15)12-7-6-11-4-2-3-5-13(11)14(12)17-9-8-16/h2-7,10,16H,8-9,15H2,1H3. The van der Waals surface area contributed by atoms with Crippen LogP contribution in [0.25, 0.3) is 10.8 Å². The summed E-state index contributed by atoms with van der Waals surface area (Å²) in [5.74, 6) is 0.784. The Bertz CT molecular complexity index is 509. The Morgan fingerprint density at radius 2 is 2.00 bits per heavy atom. The topological polar surface area (TPSA) is 55.5 Å². The van der Waals surface area contributed by atoms with E-state index in [0.29, 0.717) is 0 Å². The van der Waals surface area contributed by atoms with E-state index >= 15 is 0 Å². The first-order valence-electron chi connectivity index (χ1n) is 5.75. The second-order valence-corrected chi connectivity index (χ2v) is 4.07. The van der Waals surface area contributed by atoms with Gasteiger partial charge in [0.05, 0.1) is 6.61 Å². The van der Waals surface area contributed by atoms with Crippen LogP contribution in [0.3, 0.4) is 0 Å². The van der Waals surface area contributed by atoms with Gasteiger partial charge >= 0.3 is 0 Å². The molecular formula is C14H17NO2. The van der Waals surface area contributed by atoms with Crippen molar-refractivity contribution in [2.24, 2.45) is 5.73 Å². The molecule has 0 saturated heterocycles. The highest BCUT2D eigenvalue weighted by Crippen LogP contribution is 2.32. The van der Waals surface area contributed by atoms with Gasteiger partial charge in [-0.05, 0) is 12.3 Å². The summed E-state index contributed by atoms with van der Waals surface area (Å²) in [5, 5.41) is 11.0. The molecule has 2 aromatic rings. The Morgan fingerprint density at radius 3 is 2.71 bits per heavy atom. The van der Waals surface area contributed by atoms with Crippen molar-refractivity contribution in [1.82, 2.24) is 0 Å². The van der Waals surface area contributed by atoms with Crippen LogP contribution in [0, 0.1) is 0 Å². The van der Waals surface area contributed by atoms with Crippen molar-refractivity contribution in [2.75, 3.05) is 13.2 Å². The van der Waals surface area contributed by atoms with Crippen LogP contribution in [0.1, 0.15) is 18.5 Å². The molecule has 1 unspecified atom stereocenters. The molecule has 2 aromatic carbocycles. The molecule has 0 spiro atoms. The Balaban J connectivity index is 2.57. The molecule has 0 radical (unpaired) electrons. The zero-order valence-electron chi connectivity index (χ0n) is 9.89. The lowest BCUT2D eigenvalue weighted by Crippen LogP contribution is -2.10. The van der Waals surface area contributed by atoms with Gasteiger partial charge in [-0.15, -0.1) is 0 Å². The molecule has 0 aromatic heterocycles. The summed E-state index contributed by atoms with van der Waals surface area (Å²) < 4.78 is 5.63. The van der Waals surface area contributed by atoms with Crippen molar-refractivity contribution < 1.29 is 9.84 Å². The number of aliphatic hydroxyl groups is 1. The molecule has 0 aliphatic heterocycles. The van der Waals surface area contributed by atoms with Crippen molar-refractivity contribution in [3.8, 4) is 5.75 Å². The third-order valence-electron chi connectivity index (χ3n) is 2.74. The van der Waals surface area contributed by atoms with E-state index in [-0.39, 0.29) is 19.3 Å². The van der Waals surface area contributed by atoms with E-state index in [9.17, 15) is 0 Å². The number of rotatable bonds is 4. The van der Waals surface area contributed by atoms with Gasteiger partial charge in [0.1, 0.15) is 12.4 Å².